The first-order valence-electron chi connectivity index (χ1n) is 2.93. The maximum Gasteiger partial charge on any atom is 0.165 e. The summed E-state index contributed by atoms with van der Waals surface area (Å²) in [6.45, 7) is 4.39. The summed E-state index contributed by atoms with van der Waals surface area (Å²) in [5.74, 6) is 0. The Balaban J connectivity index is 3.58. The van der Waals surface area contributed by atoms with E-state index < -0.39 is 7.38 Å². The summed E-state index contributed by atoms with van der Waals surface area (Å²) in [4.78, 5) is 0. The van der Waals surface area contributed by atoms with Crippen LogP contribution in [0.2, 0.25) is 12.1 Å². The number of hydrogen-bond acceptors (Lipinski definition) is 0. The molecule has 0 amide bonds. The summed E-state index contributed by atoms with van der Waals surface area (Å²) in [5, 5.41) is 0. The number of rotatable bonds is 3. The molecule has 0 aromatic rings. The maximum atomic E-state index is 6.22. The Kier molecular flexibility index (Phi) is 4.75. The van der Waals surface area contributed by atoms with Gasteiger partial charge in [-0.2, -0.15) is 11.1 Å². The van der Waals surface area contributed by atoms with Gasteiger partial charge < -0.3 is 0 Å². The van der Waals surface area contributed by atoms with Gasteiger partial charge >= 0.3 is 0 Å². The molecule has 0 saturated heterocycles. The molecule has 0 aliphatic rings. The third-order valence-corrected chi connectivity index (χ3v) is 12.3. The Labute approximate surface area is 70.9 Å². The fraction of sp³-hybridized carbons (Fsp3) is 1.00. The molecule has 8 heavy (non-hydrogen) atoms. The number of halogens is 2. The molecular weight excluding hydrogens is 250 g/mol. The fourth-order valence-electron chi connectivity index (χ4n) is 0.439. The molecule has 0 saturated carbocycles. The maximum absolute atomic E-state index is 6.22. The van der Waals surface area contributed by atoms with Crippen LogP contribution in [0.15, 0.2) is 0 Å². The Morgan fingerprint density at radius 1 is 1.38 bits per heavy atom. The lowest BCUT2D eigenvalue weighted by Gasteiger charge is -2.16. The highest BCUT2D eigenvalue weighted by atomic mass is 127. The SMILES string of the molecule is CC[Si](Cl)(CC)CI. The molecule has 3 heteroatoms. The lowest BCUT2D eigenvalue weighted by molar-refractivity contribution is 1.30. The molecule has 0 aliphatic heterocycles. The van der Waals surface area contributed by atoms with Crippen LogP contribution in [0.3, 0.4) is 0 Å². The summed E-state index contributed by atoms with van der Waals surface area (Å²) < 4.78 is 1.19. The average molecular weight is 263 g/mol. The second-order valence-electron chi connectivity index (χ2n) is 1.99. The highest BCUT2D eigenvalue weighted by Gasteiger charge is 2.23. The summed E-state index contributed by atoms with van der Waals surface area (Å²) in [5.41, 5.74) is 0. The molecule has 0 aromatic carbocycles. The standard InChI is InChI=1S/C5H12ClISi/c1-3-8(6,4-2)5-7/h3-5H2,1-2H3. The Morgan fingerprint density at radius 2 is 1.75 bits per heavy atom. The van der Waals surface area contributed by atoms with Gasteiger partial charge in [0.05, 0.1) is 0 Å². The molecule has 50 valence electrons. The third kappa shape index (κ3) is 2.69. The summed E-state index contributed by atoms with van der Waals surface area (Å²) >= 11 is 8.62. The summed E-state index contributed by atoms with van der Waals surface area (Å²) in [6, 6.07) is 2.43. The molecule has 0 aromatic heterocycles. The highest BCUT2D eigenvalue weighted by molar-refractivity contribution is 14.1. The molecule has 0 spiro atoms. The van der Waals surface area contributed by atoms with Crippen LogP contribution in [0.5, 0.6) is 0 Å². The molecule has 0 bridgehead atoms. The van der Waals surface area contributed by atoms with Gasteiger partial charge in [0.1, 0.15) is 0 Å². The van der Waals surface area contributed by atoms with Crippen molar-refractivity contribution in [3.63, 3.8) is 0 Å². The smallest absolute Gasteiger partial charge is 0.165 e. The predicted molar refractivity (Wildman–Crippen MR) is 51.5 cm³/mol. The van der Waals surface area contributed by atoms with E-state index in [9.17, 15) is 0 Å². The quantitative estimate of drug-likeness (QED) is 0.317. The minimum Gasteiger partial charge on any atom is -0.166 e. The van der Waals surface area contributed by atoms with Crippen LogP contribution in [0.4, 0.5) is 0 Å². The van der Waals surface area contributed by atoms with E-state index in [1.54, 1.807) is 0 Å². The lowest BCUT2D eigenvalue weighted by atomic mass is 10.9. The van der Waals surface area contributed by atoms with E-state index >= 15 is 0 Å². The Hall–Kier alpha value is 1.24. The van der Waals surface area contributed by atoms with Crippen LogP contribution in [-0.2, 0) is 0 Å². The van der Waals surface area contributed by atoms with Gasteiger partial charge in [-0.3, -0.25) is 0 Å². The molecular formula is C5H12ClISi. The molecule has 0 unspecified atom stereocenters. The van der Waals surface area contributed by atoms with E-state index in [1.165, 1.54) is 16.1 Å². The van der Waals surface area contributed by atoms with E-state index in [0.717, 1.165) is 0 Å². The second kappa shape index (κ2) is 4.12. The Morgan fingerprint density at radius 3 is 1.75 bits per heavy atom. The van der Waals surface area contributed by atoms with Crippen molar-refractivity contribution in [2.75, 3.05) is 4.05 Å². The van der Waals surface area contributed by atoms with Crippen molar-refractivity contribution in [2.45, 2.75) is 25.9 Å². The van der Waals surface area contributed by atoms with Gasteiger partial charge in [0.25, 0.3) is 0 Å². The molecule has 0 aliphatic carbocycles. The van der Waals surface area contributed by atoms with Crippen molar-refractivity contribution in [1.29, 1.82) is 0 Å². The van der Waals surface area contributed by atoms with Crippen LogP contribution < -0.4 is 0 Å². The zero-order chi connectivity index (χ0) is 6.62. The summed E-state index contributed by atoms with van der Waals surface area (Å²) in [7, 11) is -1.21. The first-order chi connectivity index (χ1) is 3.68. The predicted octanol–water partition coefficient (Wildman–Crippen LogP) is 3.18. The molecule has 0 heterocycles. The third-order valence-electron chi connectivity index (χ3n) is 1.51. The van der Waals surface area contributed by atoms with Crippen LogP contribution in [0.1, 0.15) is 13.8 Å². The van der Waals surface area contributed by atoms with Crippen molar-refractivity contribution < 1.29 is 0 Å². The molecule has 0 fully saturated rings. The molecule has 0 N–H and O–H groups in total. The van der Waals surface area contributed by atoms with Crippen molar-refractivity contribution in [1.82, 2.24) is 0 Å². The molecule has 0 radical (unpaired) electrons. The van der Waals surface area contributed by atoms with E-state index in [2.05, 4.69) is 36.4 Å². The monoisotopic (exact) mass is 262 g/mol. The first-order valence-corrected chi connectivity index (χ1v) is 8.09. The van der Waals surface area contributed by atoms with Crippen LogP contribution in [0, 0.1) is 0 Å². The van der Waals surface area contributed by atoms with Gasteiger partial charge in [-0.05, 0) is 12.1 Å². The van der Waals surface area contributed by atoms with E-state index in [4.69, 9.17) is 11.1 Å². The van der Waals surface area contributed by atoms with Gasteiger partial charge in [-0.15, -0.1) is 0 Å². The summed E-state index contributed by atoms with van der Waals surface area (Å²) in [6.07, 6.45) is 0. The van der Waals surface area contributed by atoms with Gasteiger partial charge in [0, 0.05) is 4.05 Å². The van der Waals surface area contributed by atoms with Crippen molar-refractivity contribution >= 4 is 41.1 Å². The topological polar surface area (TPSA) is 0 Å². The van der Waals surface area contributed by atoms with Crippen molar-refractivity contribution in [3.8, 4) is 0 Å². The lowest BCUT2D eigenvalue weighted by Crippen LogP contribution is -2.26. The van der Waals surface area contributed by atoms with Gasteiger partial charge in [0.15, 0.2) is 7.38 Å². The Bertz CT molecular complexity index is 55.2. The normalized spacial score (nSPS) is 12.0. The van der Waals surface area contributed by atoms with Crippen LogP contribution >= 0.6 is 33.7 Å². The number of hydrogen-bond donors (Lipinski definition) is 0. The first kappa shape index (κ1) is 9.24. The van der Waals surface area contributed by atoms with Gasteiger partial charge in [-0.1, -0.05) is 36.4 Å². The number of alkyl halides is 1. The molecule has 0 nitrogen and oxygen atoms in total. The second-order valence-corrected chi connectivity index (χ2v) is 10.7. The van der Waals surface area contributed by atoms with Gasteiger partial charge in [0.2, 0.25) is 0 Å². The molecule has 0 atom stereocenters. The fourth-order valence-corrected chi connectivity index (χ4v) is 4.55. The van der Waals surface area contributed by atoms with E-state index in [1.807, 2.05) is 0 Å². The molecule has 0 rings (SSSR count). The zero-order valence-corrected chi connectivity index (χ0v) is 9.29. The van der Waals surface area contributed by atoms with E-state index in [0.29, 0.717) is 0 Å². The van der Waals surface area contributed by atoms with Crippen molar-refractivity contribution in [3.05, 3.63) is 0 Å². The average Bonchev–Trinajstić information content (AvgIpc) is 1.87. The zero-order valence-electron chi connectivity index (χ0n) is 5.38. The largest absolute Gasteiger partial charge is 0.166 e. The van der Waals surface area contributed by atoms with E-state index in [-0.39, 0.29) is 0 Å². The van der Waals surface area contributed by atoms with Gasteiger partial charge in [-0.25, -0.2) is 0 Å². The van der Waals surface area contributed by atoms with Crippen LogP contribution in [0.25, 0.3) is 0 Å². The van der Waals surface area contributed by atoms with Crippen LogP contribution in [-0.4, -0.2) is 11.4 Å². The highest BCUT2D eigenvalue weighted by Crippen LogP contribution is 2.21. The minimum atomic E-state index is -1.21. The van der Waals surface area contributed by atoms with Crippen molar-refractivity contribution in [2.24, 2.45) is 0 Å². The minimum absolute atomic E-state index is 1.19.